The fourth-order valence-corrected chi connectivity index (χ4v) is 11.7. The van der Waals surface area contributed by atoms with Gasteiger partial charge < -0.3 is 9.47 Å². The van der Waals surface area contributed by atoms with Crippen LogP contribution in [-0.4, -0.2) is 69.8 Å². The third-order valence-electron chi connectivity index (χ3n) is 6.73. The Balaban J connectivity index is 1.93. The van der Waals surface area contributed by atoms with Crippen molar-refractivity contribution < 1.29 is 26.3 Å². The van der Waals surface area contributed by atoms with E-state index in [-0.39, 0.29) is 35.1 Å². The van der Waals surface area contributed by atoms with Crippen LogP contribution in [0.3, 0.4) is 0 Å². The van der Waals surface area contributed by atoms with Gasteiger partial charge in [-0.2, -0.15) is 9.52 Å². The zero-order valence-corrected chi connectivity index (χ0v) is 28.8. The normalized spacial score (nSPS) is 12.4. The number of rotatable bonds is 13. The molecule has 15 heteroatoms. The predicted molar refractivity (Wildman–Crippen MR) is 170 cm³/mol. The molecule has 0 aliphatic carbocycles. The molecule has 3 aromatic carbocycles. The summed E-state index contributed by atoms with van der Waals surface area (Å²) in [7, 11) is -7.26. The van der Waals surface area contributed by atoms with Gasteiger partial charge in [-0.15, -0.1) is 10.2 Å². The number of aromatic amines is 1. The van der Waals surface area contributed by atoms with Crippen molar-refractivity contribution in [1.82, 2.24) is 24.9 Å². The summed E-state index contributed by atoms with van der Waals surface area (Å²) in [5, 5.41) is 14.0. The molecule has 11 nitrogen and oxygen atoms in total. The molecule has 0 spiro atoms. The third kappa shape index (κ3) is 7.89. The number of sulfone groups is 1. The lowest BCUT2D eigenvalue weighted by Crippen LogP contribution is -2.32. The number of nitrogens with zero attached hydrogens (tertiary/aromatic N) is 4. The lowest BCUT2D eigenvalue weighted by Gasteiger charge is -2.26. The second-order valence-electron chi connectivity index (χ2n) is 11.1. The third-order valence-corrected chi connectivity index (χ3v) is 13.3. The van der Waals surface area contributed by atoms with Gasteiger partial charge in [0.1, 0.15) is 16.4 Å². The molecular weight excluding hydrogens is 674 g/mol. The Morgan fingerprint density at radius 2 is 1.37 bits per heavy atom. The summed E-state index contributed by atoms with van der Waals surface area (Å²) in [6.45, 7) is 6.10. The Kier molecular flexibility index (Phi) is 10.1. The highest BCUT2D eigenvalue weighted by Crippen LogP contribution is 2.40. The van der Waals surface area contributed by atoms with E-state index in [9.17, 15) is 16.8 Å². The van der Waals surface area contributed by atoms with Gasteiger partial charge in [-0.25, -0.2) is 16.8 Å². The van der Waals surface area contributed by atoms with E-state index in [1.54, 1.807) is 62.8 Å². The second-order valence-corrected chi connectivity index (χ2v) is 21.5. The van der Waals surface area contributed by atoms with Crippen LogP contribution >= 0.6 is 15.9 Å². The fourth-order valence-electron chi connectivity index (χ4n) is 4.29. The zero-order valence-electron chi connectivity index (χ0n) is 24.5. The zero-order chi connectivity index (χ0) is 31.4. The van der Waals surface area contributed by atoms with Gasteiger partial charge in [0.25, 0.3) is 0 Å². The van der Waals surface area contributed by atoms with Crippen molar-refractivity contribution in [2.45, 2.75) is 48.6 Å². The molecule has 0 unspecified atom stereocenters. The van der Waals surface area contributed by atoms with E-state index in [0.29, 0.717) is 33.1 Å². The molecule has 0 saturated carbocycles. The molecule has 0 aliphatic rings. The molecule has 4 rings (SSSR count). The topological polar surface area (TPSA) is 144 Å². The number of H-pyrrole nitrogens is 1. The van der Waals surface area contributed by atoms with Crippen molar-refractivity contribution in [2.75, 3.05) is 20.0 Å². The summed E-state index contributed by atoms with van der Waals surface area (Å²) in [4.78, 5) is -0.705. The van der Waals surface area contributed by atoms with Gasteiger partial charge in [0, 0.05) is 25.6 Å². The van der Waals surface area contributed by atoms with Crippen LogP contribution in [0.4, 0.5) is 0 Å². The van der Waals surface area contributed by atoms with Crippen LogP contribution in [0.2, 0.25) is 25.7 Å². The van der Waals surface area contributed by atoms with Gasteiger partial charge in [0.15, 0.2) is 9.84 Å². The molecule has 1 heterocycles. The molecule has 0 fully saturated rings. The average Bonchev–Trinajstić information content (AvgIpc) is 3.50. The summed E-state index contributed by atoms with van der Waals surface area (Å²) in [5.41, 5.74) is 1.37. The Morgan fingerprint density at radius 3 is 1.81 bits per heavy atom. The van der Waals surface area contributed by atoms with Gasteiger partial charge in [0.2, 0.25) is 15.8 Å². The lowest BCUT2D eigenvalue weighted by molar-refractivity contribution is 0.396. The van der Waals surface area contributed by atoms with Crippen LogP contribution in [-0.2, 0) is 33.0 Å². The van der Waals surface area contributed by atoms with Crippen LogP contribution in [0.1, 0.15) is 11.1 Å². The number of hydrogen-bond acceptors (Lipinski definition) is 9. The Morgan fingerprint density at radius 1 is 0.837 bits per heavy atom. The summed E-state index contributed by atoms with van der Waals surface area (Å²) in [5.74, 6) is 1.00. The summed E-state index contributed by atoms with van der Waals surface area (Å²) in [6, 6.07) is 17.3. The van der Waals surface area contributed by atoms with Crippen molar-refractivity contribution in [2.24, 2.45) is 0 Å². The Bertz CT molecular complexity index is 1710. The minimum absolute atomic E-state index is 0.0114. The van der Waals surface area contributed by atoms with E-state index in [1.807, 2.05) is 0 Å². The first-order valence-electron chi connectivity index (χ1n) is 13.3. The van der Waals surface area contributed by atoms with E-state index in [4.69, 9.17) is 9.47 Å². The Labute approximate surface area is 261 Å². The van der Waals surface area contributed by atoms with Crippen molar-refractivity contribution in [3.63, 3.8) is 0 Å². The second kappa shape index (κ2) is 13.3. The SMILES string of the molecule is COc1ccc(CN(Cc2ccc(OC)cc2)S(=O)(=O)c2c(S(=O)(=O)CC[Si](C)(C)C)ccc(Br)c2-c2nn[nH]n2)cc1. The van der Waals surface area contributed by atoms with Crippen LogP contribution in [0, 0.1) is 0 Å². The van der Waals surface area contributed by atoms with Crippen molar-refractivity contribution >= 4 is 43.9 Å². The molecule has 0 atom stereocenters. The highest BCUT2D eigenvalue weighted by atomic mass is 79.9. The molecule has 0 radical (unpaired) electrons. The van der Waals surface area contributed by atoms with E-state index >= 15 is 0 Å². The number of sulfonamides is 1. The van der Waals surface area contributed by atoms with Gasteiger partial charge in [-0.3, -0.25) is 0 Å². The van der Waals surface area contributed by atoms with Crippen LogP contribution in [0.5, 0.6) is 11.5 Å². The minimum atomic E-state index is -4.52. The number of methoxy groups -OCH3 is 2. The predicted octanol–water partition coefficient (Wildman–Crippen LogP) is 5.15. The number of hydrogen-bond donors (Lipinski definition) is 1. The number of ether oxygens (including phenoxy) is 2. The highest BCUT2D eigenvalue weighted by Gasteiger charge is 2.37. The number of aromatic nitrogens is 4. The van der Waals surface area contributed by atoms with Crippen LogP contribution < -0.4 is 9.47 Å². The Hall–Kier alpha value is -3.11. The van der Waals surface area contributed by atoms with Gasteiger partial charge in [-0.05, 0) is 74.7 Å². The van der Waals surface area contributed by atoms with Crippen LogP contribution in [0.25, 0.3) is 11.4 Å². The molecule has 0 saturated heterocycles. The molecule has 0 amide bonds. The highest BCUT2D eigenvalue weighted by molar-refractivity contribution is 9.10. The maximum absolute atomic E-state index is 14.8. The molecule has 1 aromatic heterocycles. The minimum Gasteiger partial charge on any atom is -0.497 e. The number of tetrazole rings is 1. The van der Waals surface area contributed by atoms with Crippen molar-refractivity contribution in [1.29, 1.82) is 0 Å². The smallest absolute Gasteiger partial charge is 0.245 e. The quantitative estimate of drug-likeness (QED) is 0.187. The monoisotopic (exact) mass is 707 g/mol. The number of benzene rings is 3. The first kappa shape index (κ1) is 32.8. The molecule has 230 valence electrons. The first-order valence-corrected chi connectivity index (χ1v) is 20.9. The average molecular weight is 709 g/mol. The van der Waals surface area contributed by atoms with Gasteiger partial charge in [0.05, 0.1) is 30.4 Å². The number of nitrogens with one attached hydrogen (secondary N) is 1. The molecule has 1 N–H and O–H groups in total. The van der Waals surface area contributed by atoms with E-state index in [2.05, 4.69) is 56.2 Å². The number of halogens is 1. The summed E-state index contributed by atoms with van der Waals surface area (Å²) < 4.78 is 69.5. The van der Waals surface area contributed by atoms with Gasteiger partial charge >= 0.3 is 0 Å². The molecule has 0 aliphatic heterocycles. The first-order chi connectivity index (χ1) is 20.2. The lowest BCUT2D eigenvalue weighted by atomic mass is 10.2. The van der Waals surface area contributed by atoms with Crippen molar-refractivity contribution in [3.8, 4) is 22.9 Å². The maximum atomic E-state index is 14.8. The molecule has 0 bridgehead atoms. The van der Waals surface area contributed by atoms with Crippen molar-refractivity contribution in [3.05, 3.63) is 76.3 Å². The maximum Gasteiger partial charge on any atom is 0.245 e. The van der Waals surface area contributed by atoms with E-state index < -0.39 is 32.8 Å². The van der Waals surface area contributed by atoms with Gasteiger partial charge in [-0.1, -0.05) is 43.9 Å². The largest absolute Gasteiger partial charge is 0.497 e. The summed E-state index contributed by atoms with van der Waals surface area (Å²) in [6.07, 6.45) is 0. The summed E-state index contributed by atoms with van der Waals surface area (Å²) >= 11 is 3.43. The molecule has 43 heavy (non-hydrogen) atoms. The molecule has 4 aromatic rings. The standard InChI is InChI=1S/C28H34BrN5O6S2Si/c1-39-22-10-6-20(7-11-22)18-34(19-21-8-12-23(40-2)13-9-21)42(37,38)27-25(41(35,36)16-17-43(3,4)5)15-14-24(29)26(27)28-30-32-33-31-28/h6-15H,16-19H2,1-5H3,(H,30,31,32,33). The van der Waals surface area contributed by atoms with E-state index in [0.717, 1.165) is 0 Å². The fraction of sp³-hybridized carbons (Fsp3) is 0.321. The molecular formula is C28H34BrN5O6S2Si. The van der Waals surface area contributed by atoms with E-state index in [1.165, 1.54) is 16.4 Å². The van der Waals surface area contributed by atoms with Crippen LogP contribution in [0.15, 0.2) is 74.9 Å².